The van der Waals surface area contributed by atoms with E-state index in [0.29, 0.717) is 28.0 Å². The van der Waals surface area contributed by atoms with Crippen LogP contribution in [0.25, 0.3) is 22.8 Å². The lowest BCUT2D eigenvalue weighted by atomic mass is 10.1. The maximum Gasteiger partial charge on any atom is 0.223 e. The second-order valence-electron chi connectivity index (χ2n) is 6.32. The lowest BCUT2D eigenvalue weighted by molar-refractivity contribution is 0.208. The predicted octanol–water partition coefficient (Wildman–Crippen LogP) is 4.20. The van der Waals surface area contributed by atoms with Gasteiger partial charge in [0.2, 0.25) is 11.7 Å². The fourth-order valence-electron chi connectivity index (χ4n) is 2.92. The molecule has 2 heterocycles. The summed E-state index contributed by atoms with van der Waals surface area (Å²) in [5.74, 6) is 0.954. The second-order valence-corrected chi connectivity index (χ2v) is 6.73. The highest BCUT2D eigenvalue weighted by Gasteiger charge is 2.14. The van der Waals surface area contributed by atoms with Gasteiger partial charge in [0.1, 0.15) is 5.69 Å². The van der Waals surface area contributed by atoms with Gasteiger partial charge >= 0.3 is 0 Å². The van der Waals surface area contributed by atoms with Gasteiger partial charge in [-0.3, -0.25) is 4.68 Å². The first-order chi connectivity index (χ1) is 13.5. The Kier molecular flexibility index (Phi) is 4.85. The van der Waals surface area contributed by atoms with Crippen LogP contribution in [0, 0.1) is 6.92 Å². The van der Waals surface area contributed by atoms with Gasteiger partial charge < -0.3 is 14.9 Å². The molecule has 0 bridgehead atoms. The van der Waals surface area contributed by atoms with E-state index < -0.39 is 6.23 Å². The molecule has 4 rings (SSSR count). The molecule has 2 N–H and O–H groups in total. The highest BCUT2D eigenvalue weighted by atomic mass is 35.5. The van der Waals surface area contributed by atoms with Gasteiger partial charge in [-0.2, -0.15) is 10.1 Å². The number of aliphatic hydroxyl groups is 1. The Morgan fingerprint density at radius 1 is 1.14 bits per heavy atom. The fourth-order valence-corrected chi connectivity index (χ4v) is 3.16. The number of nitrogens with one attached hydrogen (secondary N) is 1. The van der Waals surface area contributed by atoms with Crippen LogP contribution in [0.5, 0.6) is 0 Å². The summed E-state index contributed by atoms with van der Waals surface area (Å²) < 4.78 is 6.79. The van der Waals surface area contributed by atoms with Crippen molar-refractivity contribution >= 4 is 17.3 Å². The Morgan fingerprint density at radius 2 is 1.89 bits per heavy atom. The third kappa shape index (κ3) is 3.62. The highest BCUT2D eigenvalue weighted by Crippen LogP contribution is 2.28. The number of halogens is 1. The molecule has 0 saturated carbocycles. The van der Waals surface area contributed by atoms with Crippen molar-refractivity contribution in [2.45, 2.75) is 13.2 Å². The monoisotopic (exact) mass is 395 g/mol. The Hall–Kier alpha value is -3.16. The molecule has 7 nitrogen and oxygen atoms in total. The number of aromatic nitrogens is 4. The van der Waals surface area contributed by atoms with Crippen LogP contribution in [0.2, 0.25) is 5.02 Å². The largest absolute Gasteiger partial charge is 0.369 e. The zero-order valence-electron chi connectivity index (χ0n) is 15.3. The molecular weight excluding hydrogens is 378 g/mol. The fraction of sp³-hybridized carbons (Fsp3) is 0.150. The Balaban J connectivity index is 1.54. The maximum absolute atomic E-state index is 10.4. The van der Waals surface area contributed by atoms with Crippen LogP contribution in [0.3, 0.4) is 0 Å². The zero-order valence-corrected chi connectivity index (χ0v) is 16.1. The Morgan fingerprint density at radius 3 is 2.57 bits per heavy atom. The van der Waals surface area contributed by atoms with Crippen LogP contribution in [-0.4, -0.2) is 25.0 Å². The van der Waals surface area contributed by atoms with Crippen molar-refractivity contribution < 1.29 is 9.63 Å². The SMILES string of the molecule is Cc1nc(-c2cc(-c3ccc(NC(O)c4ccccc4Cl)cc3)n(C)n2)no1. The molecule has 4 aromatic rings. The van der Waals surface area contributed by atoms with Gasteiger partial charge in [0.25, 0.3) is 0 Å². The van der Waals surface area contributed by atoms with Crippen molar-refractivity contribution in [3.63, 3.8) is 0 Å². The highest BCUT2D eigenvalue weighted by molar-refractivity contribution is 6.31. The van der Waals surface area contributed by atoms with Crippen LogP contribution in [0.4, 0.5) is 5.69 Å². The minimum atomic E-state index is -0.899. The van der Waals surface area contributed by atoms with Crippen molar-refractivity contribution in [2.24, 2.45) is 7.05 Å². The third-order valence-corrected chi connectivity index (χ3v) is 4.66. The second kappa shape index (κ2) is 7.46. The summed E-state index contributed by atoms with van der Waals surface area (Å²) in [4.78, 5) is 4.21. The lowest BCUT2D eigenvalue weighted by Gasteiger charge is -2.16. The average Bonchev–Trinajstić information content (AvgIpc) is 3.28. The minimum Gasteiger partial charge on any atom is -0.369 e. The topological polar surface area (TPSA) is 89.0 Å². The molecule has 2 aromatic carbocycles. The van der Waals surface area contributed by atoms with Gasteiger partial charge in [-0.1, -0.05) is 47.1 Å². The minimum absolute atomic E-state index is 0.459. The van der Waals surface area contributed by atoms with Crippen molar-refractivity contribution in [2.75, 3.05) is 5.32 Å². The molecule has 2 aromatic heterocycles. The van der Waals surface area contributed by atoms with Crippen LogP contribution >= 0.6 is 11.6 Å². The molecule has 0 aliphatic heterocycles. The number of aryl methyl sites for hydroxylation is 2. The third-order valence-electron chi connectivity index (χ3n) is 4.32. The molecule has 0 spiro atoms. The van der Waals surface area contributed by atoms with Crippen LogP contribution < -0.4 is 5.32 Å². The van der Waals surface area contributed by atoms with E-state index >= 15 is 0 Å². The first kappa shape index (κ1) is 18.2. The lowest BCUT2D eigenvalue weighted by Crippen LogP contribution is -2.10. The van der Waals surface area contributed by atoms with Crippen LogP contribution in [-0.2, 0) is 7.05 Å². The van der Waals surface area contributed by atoms with E-state index in [9.17, 15) is 5.11 Å². The number of benzene rings is 2. The molecule has 0 aliphatic rings. The summed E-state index contributed by atoms with van der Waals surface area (Å²) in [5.41, 5.74) is 3.92. The molecule has 0 fully saturated rings. The van der Waals surface area contributed by atoms with Gasteiger partial charge in [-0.25, -0.2) is 0 Å². The molecule has 28 heavy (non-hydrogen) atoms. The molecule has 1 unspecified atom stereocenters. The number of nitrogens with zero attached hydrogens (tertiary/aromatic N) is 4. The predicted molar refractivity (Wildman–Crippen MR) is 107 cm³/mol. The molecule has 8 heteroatoms. The van der Waals surface area contributed by atoms with E-state index in [2.05, 4.69) is 20.6 Å². The molecule has 1 atom stereocenters. The first-order valence-electron chi connectivity index (χ1n) is 8.65. The van der Waals surface area contributed by atoms with Gasteiger partial charge in [0.15, 0.2) is 6.23 Å². The average molecular weight is 396 g/mol. The molecule has 0 radical (unpaired) electrons. The molecule has 142 valence electrons. The number of hydrogen-bond donors (Lipinski definition) is 2. The van der Waals surface area contributed by atoms with E-state index in [1.807, 2.05) is 49.5 Å². The number of hydrogen-bond acceptors (Lipinski definition) is 6. The molecular formula is C20H18ClN5O2. The summed E-state index contributed by atoms with van der Waals surface area (Å²) in [6, 6.07) is 16.8. The van der Waals surface area contributed by atoms with Gasteiger partial charge in [0.05, 0.1) is 5.69 Å². The normalized spacial score (nSPS) is 12.1. The molecule has 0 saturated heterocycles. The zero-order chi connectivity index (χ0) is 19.7. The van der Waals surface area contributed by atoms with Gasteiger partial charge in [-0.05, 0) is 29.8 Å². The summed E-state index contributed by atoms with van der Waals surface area (Å²) in [6.45, 7) is 1.74. The van der Waals surface area contributed by atoms with Gasteiger partial charge in [0, 0.05) is 30.2 Å². The number of aliphatic hydroxyl groups excluding tert-OH is 1. The van der Waals surface area contributed by atoms with Crippen molar-refractivity contribution in [1.29, 1.82) is 0 Å². The standard InChI is InChI=1S/C20H18ClN5O2/c1-12-22-19(25-28-12)17-11-18(26(2)24-17)13-7-9-14(10-8-13)23-20(27)15-5-3-4-6-16(15)21/h3-11,20,23,27H,1-2H3. The molecule has 0 aliphatic carbocycles. The van der Waals surface area contributed by atoms with E-state index in [-0.39, 0.29) is 0 Å². The van der Waals surface area contributed by atoms with Crippen molar-refractivity contribution in [1.82, 2.24) is 19.9 Å². The Labute approximate surface area is 166 Å². The summed E-state index contributed by atoms with van der Waals surface area (Å²) in [7, 11) is 1.86. The van der Waals surface area contributed by atoms with E-state index in [1.165, 1.54) is 0 Å². The van der Waals surface area contributed by atoms with Crippen molar-refractivity contribution in [3.8, 4) is 22.8 Å². The van der Waals surface area contributed by atoms with Crippen LogP contribution in [0.1, 0.15) is 17.7 Å². The maximum atomic E-state index is 10.4. The van der Waals surface area contributed by atoms with Gasteiger partial charge in [-0.15, -0.1) is 0 Å². The quantitative estimate of drug-likeness (QED) is 0.492. The van der Waals surface area contributed by atoms with E-state index in [4.69, 9.17) is 16.1 Å². The summed E-state index contributed by atoms with van der Waals surface area (Å²) >= 11 is 6.14. The van der Waals surface area contributed by atoms with Crippen molar-refractivity contribution in [3.05, 3.63) is 71.1 Å². The first-order valence-corrected chi connectivity index (χ1v) is 9.03. The Bertz CT molecular complexity index is 1100. The molecule has 0 amide bonds. The smallest absolute Gasteiger partial charge is 0.223 e. The number of rotatable bonds is 5. The van der Waals surface area contributed by atoms with E-state index in [0.717, 1.165) is 16.9 Å². The summed E-state index contributed by atoms with van der Waals surface area (Å²) in [5, 5.41) is 22.3. The van der Waals surface area contributed by atoms with Crippen LogP contribution in [0.15, 0.2) is 59.1 Å². The summed E-state index contributed by atoms with van der Waals surface area (Å²) in [6.07, 6.45) is -0.899. The number of anilines is 1. The van der Waals surface area contributed by atoms with E-state index in [1.54, 1.807) is 23.7 Å².